The molecule has 0 heterocycles. The summed E-state index contributed by atoms with van der Waals surface area (Å²) in [7, 11) is 0. The van der Waals surface area contributed by atoms with E-state index in [1.54, 1.807) is 0 Å². The molecule has 0 fully saturated rings. The van der Waals surface area contributed by atoms with Gasteiger partial charge >= 0.3 is 0 Å². The molecule has 3 N–H and O–H groups in total. The molecule has 0 bridgehead atoms. The molecule has 0 aliphatic carbocycles. The van der Waals surface area contributed by atoms with Crippen LogP contribution in [0, 0.1) is 0 Å². The largest absolute Gasteiger partial charge is 0.394 e. The molecule has 24 heavy (non-hydrogen) atoms. The Kier molecular flexibility index (Phi) is 12.6. The van der Waals surface area contributed by atoms with Crippen molar-refractivity contribution in [2.45, 2.75) is 19.3 Å². The Morgan fingerprint density at radius 2 is 0.792 bits per heavy atom. The summed E-state index contributed by atoms with van der Waals surface area (Å²) in [5.74, 6) is 0. The number of hydrogen-bond acceptors (Lipinski definition) is 6. The first kappa shape index (κ1) is 21.0. The van der Waals surface area contributed by atoms with Crippen molar-refractivity contribution in [1.29, 1.82) is 0 Å². The molecule has 138 valence electrons. The van der Waals surface area contributed by atoms with Crippen LogP contribution in [0.4, 0.5) is 0 Å². The van der Waals surface area contributed by atoms with Gasteiger partial charge in [0.15, 0.2) is 0 Å². The van der Waals surface area contributed by atoms with Crippen molar-refractivity contribution in [3.05, 3.63) is 34.9 Å². The third-order valence-corrected chi connectivity index (χ3v) is 3.42. The number of benzene rings is 1. The van der Waals surface area contributed by atoms with Crippen LogP contribution in [0.2, 0.25) is 0 Å². The van der Waals surface area contributed by atoms with Gasteiger partial charge in [0.05, 0.1) is 59.5 Å². The minimum Gasteiger partial charge on any atom is -0.394 e. The van der Waals surface area contributed by atoms with Crippen LogP contribution < -0.4 is 0 Å². The summed E-state index contributed by atoms with van der Waals surface area (Å²) >= 11 is 0. The molecule has 6 nitrogen and oxygen atoms in total. The highest BCUT2D eigenvalue weighted by atomic mass is 16.5. The zero-order valence-corrected chi connectivity index (χ0v) is 14.3. The molecular formula is C18H30O6. The minimum atomic E-state index is 0.0374. The first-order valence-corrected chi connectivity index (χ1v) is 8.47. The second-order valence-electron chi connectivity index (χ2n) is 5.42. The monoisotopic (exact) mass is 342 g/mol. The van der Waals surface area contributed by atoms with E-state index in [2.05, 4.69) is 18.2 Å². The maximum Gasteiger partial charge on any atom is 0.0697 e. The number of hydrogen-bond donors (Lipinski definition) is 3. The summed E-state index contributed by atoms with van der Waals surface area (Å²) in [6, 6.07) is 6.42. The molecule has 0 spiro atoms. The van der Waals surface area contributed by atoms with Gasteiger partial charge in [-0.1, -0.05) is 18.2 Å². The van der Waals surface area contributed by atoms with E-state index in [9.17, 15) is 0 Å². The SMILES string of the molecule is OCCOCCc1cc(CCOCCO)cc(CCOCCO)c1. The van der Waals surface area contributed by atoms with E-state index in [4.69, 9.17) is 29.5 Å². The molecule has 1 rings (SSSR count). The quantitative estimate of drug-likeness (QED) is 0.399. The van der Waals surface area contributed by atoms with Gasteiger partial charge in [-0.3, -0.25) is 0 Å². The summed E-state index contributed by atoms with van der Waals surface area (Å²) in [4.78, 5) is 0. The molecular weight excluding hydrogens is 312 g/mol. The van der Waals surface area contributed by atoms with E-state index in [-0.39, 0.29) is 19.8 Å². The standard InChI is InChI=1S/C18H30O6/c19-4-10-22-7-1-16-13-17(2-8-23-11-5-20)15-18(14-16)3-9-24-12-6-21/h13-15,19-21H,1-12H2. The Balaban J connectivity index is 2.58. The van der Waals surface area contributed by atoms with E-state index in [1.807, 2.05) is 0 Å². The van der Waals surface area contributed by atoms with Crippen molar-refractivity contribution in [3.63, 3.8) is 0 Å². The molecule has 0 aliphatic rings. The Bertz CT molecular complexity index is 350. The topological polar surface area (TPSA) is 88.4 Å². The minimum absolute atomic E-state index is 0.0374. The average Bonchev–Trinajstić information content (AvgIpc) is 2.59. The molecule has 0 aromatic heterocycles. The molecule has 6 heteroatoms. The second-order valence-corrected chi connectivity index (χ2v) is 5.42. The maximum absolute atomic E-state index is 8.74. The number of aliphatic hydroxyl groups excluding tert-OH is 3. The number of rotatable bonds is 15. The lowest BCUT2D eigenvalue weighted by Crippen LogP contribution is -2.07. The highest BCUT2D eigenvalue weighted by Gasteiger charge is 2.03. The first-order chi connectivity index (χ1) is 11.8. The van der Waals surface area contributed by atoms with Crippen LogP contribution >= 0.6 is 0 Å². The Morgan fingerprint density at radius 1 is 0.500 bits per heavy atom. The van der Waals surface area contributed by atoms with Gasteiger partial charge in [0.2, 0.25) is 0 Å². The van der Waals surface area contributed by atoms with E-state index in [0.29, 0.717) is 39.6 Å². The van der Waals surface area contributed by atoms with Gasteiger partial charge in [0, 0.05) is 0 Å². The Labute approximate surface area is 144 Å². The molecule has 1 aromatic rings. The van der Waals surface area contributed by atoms with Crippen molar-refractivity contribution in [2.75, 3.05) is 59.5 Å². The van der Waals surface area contributed by atoms with E-state index >= 15 is 0 Å². The Morgan fingerprint density at radius 3 is 1.04 bits per heavy atom. The van der Waals surface area contributed by atoms with Crippen LogP contribution in [0.25, 0.3) is 0 Å². The van der Waals surface area contributed by atoms with Crippen LogP contribution in [0.1, 0.15) is 16.7 Å². The number of aliphatic hydroxyl groups is 3. The third-order valence-electron chi connectivity index (χ3n) is 3.42. The fourth-order valence-electron chi connectivity index (χ4n) is 2.34. The van der Waals surface area contributed by atoms with E-state index < -0.39 is 0 Å². The highest BCUT2D eigenvalue weighted by molar-refractivity contribution is 5.31. The van der Waals surface area contributed by atoms with Crippen molar-refractivity contribution < 1.29 is 29.5 Å². The smallest absolute Gasteiger partial charge is 0.0697 e. The van der Waals surface area contributed by atoms with Gasteiger partial charge in [-0.2, -0.15) is 0 Å². The molecule has 0 unspecified atom stereocenters. The van der Waals surface area contributed by atoms with Gasteiger partial charge in [-0.15, -0.1) is 0 Å². The van der Waals surface area contributed by atoms with Gasteiger partial charge in [0.1, 0.15) is 0 Å². The summed E-state index contributed by atoms with van der Waals surface area (Å²) in [6.07, 6.45) is 2.36. The fraction of sp³-hybridized carbons (Fsp3) is 0.667. The third kappa shape index (κ3) is 9.97. The lowest BCUT2D eigenvalue weighted by atomic mass is 10.0. The summed E-state index contributed by atoms with van der Waals surface area (Å²) in [5.41, 5.74) is 3.55. The van der Waals surface area contributed by atoms with E-state index in [1.165, 1.54) is 16.7 Å². The van der Waals surface area contributed by atoms with Crippen LogP contribution in [0.15, 0.2) is 18.2 Å². The Hall–Kier alpha value is -1.02. The van der Waals surface area contributed by atoms with Crippen LogP contribution in [0.5, 0.6) is 0 Å². The normalized spacial score (nSPS) is 11.1. The predicted molar refractivity (Wildman–Crippen MR) is 91.3 cm³/mol. The van der Waals surface area contributed by atoms with Gasteiger partial charge in [-0.05, 0) is 36.0 Å². The van der Waals surface area contributed by atoms with Crippen molar-refractivity contribution in [3.8, 4) is 0 Å². The van der Waals surface area contributed by atoms with Crippen molar-refractivity contribution in [1.82, 2.24) is 0 Å². The van der Waals surface area contributed by atoms with Crippen LogP contribution in [0.3, 0.4) is 0 Å². The zero-order chi connectivity index (χ0) is 17.5. The van der Waals surface area contributed by atoms with Crippen LogP contribution in [-0.2, 0) is 33.5 Å². The lowest BCUT2D eigenvalue weighted by Gasteiger charge is -2.11. The molecule has 0 saturated heterocycles. The van der Waals surface area contributed by atoms with Crippen molar-refractivity contribution in [2.24, 2.45) is 0 Å². The maximum atomic E-state index is 8.74. The first-order valence-electron chi connectivity index (χ1n) is 8.47. The van der Waals surface area contributed by atoms with Crippen LogP contribution in [-0.4, -0.2) is 74.8 Å². The molecule has 1 aromatic carbocycles. The van der Waals surface area contributed by atoms with Gasteiger partial charge in [-0.25, -0.2) is 0 Å². The summed E-state index contributed by atoms with van der Waals surface area (Å²) < 4.78 is 16.0. The fourth-order valence-corrected chi connectivity index (χ4v) is 2.34. The lowest BCUT2D eigenvalue weighted by molar-refractivity contribution is 0.0932. The number of ether oxygens (including phenoxy) is 3. The van der Waals surface area contributed by atoms with Gasteiger partial charge < -0.3 is 29.5 Å². The zero-order valence-electron chi connectivity index (χ0n) is 14.3. The molecule has 0 saturated carbocycles. The summed E-state index contributed by atoms with van der Waals surface area (Å²) in [5, 5.41) is 26.2. The van der Waals surface area contributed by atoms with Crippen molar-refractivity contribution >= 4 is 0 Å². The summed E-state index contributed by atoms with van der Waals surface area (Å²) in [6.45, 7) is 2.91. The molecule has 0 amide bonds. The predicted octanol–water partition coefficient (Wildman–Crippen LogP) is 0.341. The van der Waals surface area contributed by atoms with Gasteiger partial charge in [0.25, 0.3) is 0 Å². The van der Waals surface area contributed by atoms with E-state index in [0.717, 1.165) is 19.3 Å². The average molecular weight is 342 g/mol. The molecule has 0 atom stereocenters. The second kappa shape index (κ2) is 14.3. The highest BCUT2D eigenvalue weighted by Crippen LogP contribution is 2.13. The molecule has 0 aliphatic heterocycles. The molecule has 0 radical (unpaired) electrons.